The molecule has 388 valence electrons. The summed E-state index contributed by atoms with van der Waals surface area (Å²) in [5.74, 6) is -0.123. The monoisotopic (exact) mass is 953 g/mol. The zero-order chi connectivity index (χ0) is 43.8. The number of esters is 2. The van der Waals surface area contributed by atoms with Crippen molar-refractivity contribution in [3.8, 4) is 0 Å². The molecule has 8 saturated carbocycles. The highest BCUT2D eigenvalue weighted by molar-refractivity contribution is 5.78. The normalized spacial score (nSPS) is 39.9. The van der Waals surface area contributed by atoms with E-state index in [-0.39, 0.29) is 87.7 Å². The maximum atomic E-state index is 13.3. The second kappa shape index (κ2) is 21.9. The largest absolute Gasteiger partial charge is 0.458 e. The Balaban J connectivity index is 0.000000909. The van der Waals surface area contributed by atoms with Gasteiger partial charge in [0, 0.05) is 19.3 Å². The second-order valence-electron chi connectivity index (χ2n) is 20.3. The van der Waals surface area contributed by atoms with Gasteiger partial charge in [0.1, 0.15) is 23.9 Å². The predicted octanol–water partition coefficient (Wildman–Crippen LogP) is 11.6. The van der Waals surface area contributed by atoms with Crippen molar-refractivity contribution < 1.29 is 74.9 Å². The molecule has 10 nitrogen and oxygen atoms in total. The zero-order valence-electron chi connectivity index (χ0n) is 35.6. The lowest BCUT2D eigenvalue weighted by atomic mass is 9.50. The lowest BCUT2D eigenvalue weighted by Crippen LogP contribution is -2.67. The van der Waals surface area contributed by atoms with E-state index in [1.807, 2.05) is 6.92 Å². The molecule has 0 amide bonds. The van der Waals surface area contributed by atoms with E-state index in [0.29, 0.717) is 24.2 Å². The van der Waals surface area contributed by atoms with Crippen LogP contribution in [-0.2, 0) is 33.3 Å². The minimum absolute atomic E-state index is 0. The summed E-state index contributed by atoms with van der Waals surface area (Å²) in [6, 6.07) is 0. The molecule has 9 unspecified atom stereocenters. The van der Waals surface area contributed by atoms with Crippen molar-refractivity contribution in [3.63, 3.8) is 0 Å². The standard InChI is InChI=1S/C17H25F3O2.C14H24O3.C12H17F3O5.6CH4/c1-4-15(2,17(18,19)20)14(21)22-16(3)12-6-10-5-11(8-12)9-13(16)7-10;1-3-10(2)17-14-6-11-4-12(15,8-14)7-13(16,5-11)9-14;1-3-11(2,12(13,14)15)10(17)20-7-5-19-8-6(16)4-18-9(7)8;;;;;;/h10-13H,4-9H2,1-3H3;10-11,15-16H,3-9H2,1-2H3;6-9,16H,3-5H2,1-2H3;6*1H4. The Morgan fingerprint density at radius 3 is 1.54 bits per heavy atom. The summed E-state index contributed by atoms with van der Waals surface area (Å²) in [6.07, 6.45) is -1.82. The van der Waals surface area contributed by atoms with Crippen LogP contribution in [0.5, 0.6) is 0 Å². The van der Waals surface area contributed by atoms with Crippen LogP contribution < -0.4 is 0 Å². The summed E-state index contributed by atoms with van der Waals surface area (Å²) in [4.78, 5) is 24.3. The number of hydrogen-bond acceptors (Lipinski definition) is 10. The topological polar surface area (TPSA) is 141 Å². The van der Waals surface area contributed by atoms with Crippen LogP contribution in [0.4, 0.5) is 26.3 Å². The van der Waals surface area contributed by atoms with Gasteiger partial charge in [0.05, 0.1) is 36.1 Å². The first kappa shape index (κ1) is 63.3. The Bertz CT molecular complexity index is 1490. The van der Waals surface area contributed by atoms with E-state index < -0.39 is 82.8 Å². The van der Waals surface area contributed by atoms with Gasteiger partial charge in [-0.3, -0.25) is 9.59 Å². The van der Waals surface area contributed by atoms with Gasteiger partial charge in [-0.2, -0.15) is 26.3 Å². The Kier molecular flexibility index (Phi) is 21.3. The lowest BCUT2D eigenvalue weighted by Gasteiger charge is -2.63. The number of halogens is 6. The molecule has 0 aromatic heterocycles. The molecular formula is C49H90F6O10. The van der Waals surface area contributed by atoms with E-state index in [1.54, 1.807) is 0 Å². The van der Waals surface area contributed by atoms with Gasteiger partial charge in [0.2, 0.25) is 0 Å². The van der Waals surface area contributed by atoms with E-state index in [4.69, 9.17) is 23.7 Å². The van der Waals surface area contributed by atoms with E-state index in [1.165, 1.54) is 20.3 Å². The number of carbonyl (C=O) groups is 2. The highest BCUT2D eigenvalue weighted by Gasteiger charge is 2.65. The molecule has 0 aromatic carbocycles. The van der Waals surface area contributed by atoms with Crippen LogP contribution in [0.3, 0.4) is 0 Å². The van der Waals surface area contributed by atoms with Gasteiger partial charge >= 0.3 is 24.3 Å². The van der Waals surface area contributed by atoms with Gasteiger partial charge in [-0.15, -0.1) is 0 Å². The molecule has 2 aliphatic heterocycles. The minimum atomic E-state index is -4.69. The zero-order valence-corrected chi connectivity index (χ0v) is 35.6. The lowest BCUT2D eigenvalue weighted by molar-refractivity contribution is -0.276. The third-order valence-electron chi connectivity index (χ3n) is 15.9. The van der Waals surface area contributed by atoms with Gasteiger partial charge in [0.25, 0.3) is 0 Å². The quantitative estimate of drug-likeness (QED) is 0.151. The molecule has 2 saturated heterocycles. The van der Waals surface area contributed by atoms with Gasteiger partial charge in [-0.1, -0.05) is 65.3 Å². The van der Waals surface area contributed by atoms with Crippen LogP contribution >= 0.6 is 0 Å². The third-order valence-corrected chi connectivity index (χ3v) is 15.9. The average molecular weight is 953 g/mol. The molecule has 2 heterocycles. The third kappa shape index (κ3) is 12.0. The van der Waals surface area contributed by atoms with Gasteiger partial charge < -0.3 is 39.0 Å². The van der Waals surface area contributed by atoms with E-state index in [2.05, 4.69) is 13.8 Å². The van der Waals surface area contributed by atoms with Gasteiger partial charge in [-0.25, -0.2) is 0 Å². The Morgan fingerprint density at radius 1 is 0.677 bits per heavy atom. The number of ether oxygens (including phenoxy) is 5. The summed E-state index contributed by atoms with van der Waals surface area (Å²) in [6.45, 7) is 10.5. The highest BCUT2D eigenvalue weighted by atomic mass is 19.4. The molecule has 65 heavy (non-hydrogen) atoms. The van der Waals surface area contributed by atoms with Crippen molar-refractivity contribution in [3.05, 3.63) is 0 Å². The smallest absolute Gasteiger partial charge is 0.404 e. The van der Waals surface area contributed by atoms with Crippen molar-refractivity contribution >= 4 is 11.9 Å². The number of aliphatic hydroxyl groups is 3. The van der Waals surface area contributed by atoms with E-state index >= 15 is 0 Å². The number of carbonyl (C=O) groups excluding carboxylic acids is 2. The molecule has 10 rings (SSSR count). The number of hydrogen-bond donors (Lipinski definition) is 3. The summed E-state index contributed by atoms with van der Waals surface area (Å²) >= 11 is 0. The fraction of sp³-hybridized carbons (Fsp3) is 0.959. The van der Waals surface area contributed by atoms with Crippen molar-refractivity contribution in [1.29, 1.82) is 0 Å². The second-order valence-corrected chi connectivity index (χ2v) is 20.3. The number of alkyl halides is 6. The first-order valence-corrected chi connectivity index (χ1v) is 21.8. The van der Waals surface area contributed by atoms with Crippen molar-refractivity contribution in [2.45, 2.75) is 248 Å². The van der Waals surface area contributed by atoms with Crippen molar-refractivity contribution in [2.75, 3.05) is 13.2 Å². The minimum Gasteiger partial charge on any atom is -0.458 e. The first-order valence-electron chi connectivity index (χ1n) is 21.8. The average Bonchev–Trinajstić information content (AvgIpc) is 3.69. The van der Waals surface area contributed by atoms with Crippen LogP contribution in [0.1, 0.15) is 183 Å². The maximum absolute atomic E-state index is 13.3. The Labute approximate surface area is 388 Å². The SMILES string of the molecule is C.C.C.C.C.C.CCC(C)(C(=O)OC1(C)C2CC3CC(C2)CC1C3)C(F)(F)F.CCC(C)(C(=O)OC1COC2C(O)COC12)C(F)(F)F.CCC(C)OC12CC3CC(O)(CC(O)(C3)C1)C2. The van der Waals surface area contributed by atoms with Gasteiger partial charge in [-0.05, 0) is 128 Å². The molecule has 8 bridgehead atoms. The molecular weight excluding hydrogens is 863 g/mol. The fourth-order valence-electron chi connectivity index (χ4n) is 12.2. The Hall–Kier alpha value is -1.72. The summed E-state index contributed by atoms with van der Waals surface area (Å²) in [5.41, 5.74) is -7.24. The predicted molar refractivity (Wildman–Crippen MR) is 241 cm³/mol. The summed E-state index contributed by atoms with van der Waals surface area (Å²) in [5, 5.41) is 30.7. The molecule has 9 atom stereocenters. The molecule has 8 aliphatic carbocycles. The van der Waals surface area contributed by atoms with Gasteiger partial charge in [0.15, 0.2) is 16.9 Å². The van der Waals surface area contributed by atoms with Crippen LogP contribution in [-0.4, -0.2) is 106 Å². The van der Waals surface area contributed by atoms with E-state index in [9.17, 15) is 51.3 Å². The molecule has 3 N–H and O–H groups in total. The van der Waals surface area contributed by atoms with Crippen molar-refractivity contribution in [1.82, 2.24) is 0 Å². The summed E-state index contributed by atoms with van der Waals surface area (Å²) < 4.78 is 106. The van der Waals surface area contributed by atoms with E-state index in [0.717, 1.165) is 78.1 Å². The summed E-state index contributed by atoms with van der Waals surface area (Å²) in [7, 11) is 0. The molecule has 10 fully saturated rings. The number of rotatable bonds is 9. The van der Waals surface area contributed by atoms with Crippen LogP contribution in [0.25, 0.3) is 0 Å². The molecule has 0 radical (unpaired) electrons. The molecule has 10 aliphatic rings. The fourth-order valence-corrected chi connectivity index (χ4v) is 12.2. The van der Waals surface area contributed by atoms with Crippen LogP contribution in [0.2, 0.25) is 0 Å². The maximum Gasteiger partial charge on any atom is 0.404 e. The molecule has 0 aromatic rings. The highest BCUT2D eigenvalue weighted by Crippen LogP contribution is 2.62. The number of aliphatic hydroxyl groups excluding tert-OH is 1. The van der Waals surface area contributed by atoms with Crippen LogP contribution in [0.15, 0.2) is 0 Å². The Morgan fingerprint density at radius 2 is 1.12 bits per heavy atom. The molecule has 16 heteroatoms. The molecule has 0 spiro atoms. The van der Waals surface area contributed by atoms with Crippen LogP contribution in [0, 0.1) is 40.4 Å². The van der Waals surface area contributed by atoms with Crippen molar-refractivity contribution in [2.24, 2.45) is 40.4 Å². The first-order chi connectivity index (χ1) is 27.2. The number of fused-ring (bicyclic) bond motifs is 1.